The van der Waals surface area contributed by atoms with Crippen molar-refractivity contribution in [1.29, 1.82) is 0 Å². The fourth-order valence-electron chi connectivity index (χ4n) is 1.05. The Morgan fingerprint density at radius 2 is 2.15 bits per heavy atom. The summed E-state index contributed by atoms with van der Waals surface area (Å²) in [5, 5.41) is 2.07. The largest absolute Gasteiger partial charge is 0.135 e. The standard InChI is InChI=1S/C10H10S3/c1-3-9(11-6-1)4-5-10-12-7-2-8-13-10/h1,3,6,10H,2,7-8H2. The summed E-state index contributed by atoms with van der Waals surface area (Å²) in [6.07, 6.45) is 1.34. The SMILES string of the molecule is C(#CC1SCCCS1)c1cccs1. The van der Waals surface area contributed by atoms with Gasteiger partial charge in [-0.05, 0) is 29.4 Å². The molecule has 1 aromatic rings. The summed E-state index contributed by atoms with van der Waals surface area (Å²) in [5.41, 5.74) is 0. The van der Waals surface area contributed by atoms with Gasteiger partial charge in [0.1, 0.15) is 4.58 Å². The van der Waals surface area contributed by atoms with Crippen LogP contribution in [0, 0.1) is 11.8 Å². The molecule has 3 heteroatoms. The molecule has 2 rings (SSSR count). The lowest BCUT2D eigenvalue weighted by molar-refractivity contribution is 1.11. The number of thioether (sulfide) groups is 2. The highest BCUT2D eigenvalue weighted by molar-refractivity contribution is 8.17. The van der Waals surface area contributed by atoms with E-state index in [2.05, 4.69) is 29.4 Å². The third kappa shape index (κ3) is 2.98. The van der Waals surface area contributed by atoms with Gasteiger partial charge in [-0.15, -0.1) is 34.9 Å². The molecule has 1 aromatic heterocycles. The van der Waals surface area contributed by atoms with Crippen LogP contribution in [-0.2, 0) is 0 Å². The van der Waals surface area contributed by atoms with Gasteiger partial charge in [-0.1, -0.05) is 17.9 Å². The van der Waals surface area contributed by atoms with Crippen LogP contribution < -0.4 is 0 Å². The van der Waals surface area contributed by atoms with E-state index in [9.17, 15) is 0 Å². The Balaban J connectivity index is 1.95. The highest BCUT2D eigenvalue weighted by atomic mass is 32.2. The summed E-state index contributed by atoms with van der Waals surface area (Å²) in [7, 11) is 0. The molecular formula is C10H10S3. The van der Waals surface area contributed by atoms with Gasteiger partial charge in [0.05, 0.1) is 4.88 Å². The molecule has 1 aliphatic heterocycles. The molecule has 0 aromatic carbocycles. The van der Waals surface area contributed by atoms with E-state index in [1.165, 1.54) is 22.8 Å². The summed E-state index contributed by atoms with van der Waals surface area (Å²) in [6, 6.07) is 4.13. The lowest BCUT2D eigenvalue weighted by Gasteiger charge is -2.14. The van der Waals surface area contributed by atoms with Crippen molar-refractivity contribution in [3.63, 3.8) is 0 Å². The van der Waals surface area contributed by atoms with Gasteiger partial charge >= 0.3 is 0 Å². The smallest absolute Gasteiger partial charge is 0.111 e. The van der Waals surface area contributed by atoms with Gasteiger partial charge in [-0.3, -0.25) is 0 Å². The van der Waals surface area contributed by atoms with Crippen LogP contribution in [0.5, 0.6) is 0 Å². The van der Waals surface area contributed by atoms with E-state index < -0.39 is 0 Å². The van der Waals surface area contributed by atoms with Crippen LogP contribution in [-0.4, -0.2) is 16.1 Å². The van der Waals surface area contributed by atoms with E-state index in [0.29, 0.717) is 4.58 Å². The molecule has 0 amide bonds. The van der Waals surface area contributed by atoms with Crippen LogP contribution >= 0.6 is 34.9 Å². The first-order chi connectivity index (χ1) is 6.45. The molecule has 0 spiro atoms. The van der Waals surface area contributed by atoms with Crippen molar-refractivity contribution in [3.8, 4) is 11.8 Å². The van der Waals surface area contributed by atoms with Crippen molar-refractivity contribution in [2.24, 2.45) is 0 Å². The summed E-state index contributed by atoms with van der Waals surface area (Å²) in [5.74, 6) is 9.08. The van der Waals surface area contributed by atoms with E-state index in [0.717, 1.165) is 0 Å². The van der Waals surface area contributed by atoms with E-state index in [1.54, 1.807) is 11.3 Å². The average Bonchev–Trinajstić information content (AvgIpc) is 2.69. The molecule has 0 nitrogen and oxygen atoms in total. The van der Waals surface area contributed by atoms with Gasteiger partial charge < -0.3 is 0 Å². The minimum atomic E-state index is 0.510. The highest BCUT2D eigenvalue weighted by Gasteiger charge is 2.10. The summed E-state index contributed by atoms with van der Waals surface area (Å²) >= 11 is 5.68. The average molecular weight is 226 g/mol. The first-order valence-corrected chi connectivity index (χ1v) is 7.21. The molecule has 0 N–H and O–H groups in total. The zero-order valence-electron chi connectivity index (χ0n) is 7.16. The molecular weight excluding hydrogens is 216 g/mol. The maximum Gasteiger partial charge on any atom is 0.111 e. The number of hydrogen-bond acceptors (Lipinski definition) is 3. The zero-order chi connectivity index (χ0) is 8.93. The van der Waals surface area contributed by atoms with Crippen LogP contribution in [0.3, 0.4) is 0 Å². The molecule has 0 saturated carbocycles. The molecule has 0 unspecified atom stereocenters. The minimum Gasteiger partial charge on any atom is -0.135 e. The van der Waals surface area contributed by atoms with Gasteiger partial charge in [0, 0.05) is 0 Å². The van der Waals surface area contributed by atoms with Gasteiger partial charge in [0.2, 0.25) is 0 Å². The molecule has 68 valence electrons. The van der Waals surface area contributed by atoms with E-state index in [4.69, 9.17) is 0 Å². The topological polar surface area (TPSA) is 0 Å². The van der Waals surface area contributed by atoms with Crippen LogP contribution in [0.15, 0.2) is 17.5 Å². The first-order valence-electron chi connectivity index (χ1n) is 4.23. The third-order valence-electron chi connectivity index (χ3n) is 1.66. The number of rotatable bonds is 0. The second kappa shape index (κ2) is 4.99. The van der Waals surface area contributed by atoms with Crippen molar-refractivity contribution in [2.75, 3.05) is 11.5 Å². The predicted octanol–water partition coefficient (Wildman–Crippen LogP) is 3.30. The molecule has 0 aliphatic carbocycles. The quantitative estimate of drug-likeness (QED) is 0.623. The lowest BCUT2D eigenvalue weighted by atomic mass is 10.5. The molecule has 0 atom stereocenters. The third-order valence-corrected chi connectivity index (χ3v) is 5.15. The predicted molar refractivity (Wildman–Crippen MR) is 64.5 cm³/mol. The van der Waals surface area contributed by atoms with Gasteiger partial charge in [-0.2, -0.15) is 0 Å². The van der Waals surface area contributed by atoms with Crippen LogP contribution in [0.2, 0.25) is 0 Å². The van der Waals surface area contributed by atoms with Crippen LogP contribution in [0.1, 0.15) is 11.3 Å². The van der Waals surface area contributed by atoms with Crippen LogP contribution in [0.4, 0.5) is 0 Å². The number of thiophene rings is 1. The fourth-order valence-corrected chi connectivity index (χ4v) is 4.11. The zero-order valence-corrected chi connectivity index (χ0v) is 9.60. The van der Waals surface area contributed by atoms with Crippen LogP contribution in [0.25, 0.3) is 0 Å². The second-order valence-corrected chi connectivity index (χ2v) is 6.35. The Bertz CT molecular complexity index is 299. The normalized spacial score (nSPS) is 17.8. The lowest BCUT2D eigenvalue weighted by Crippen LogP contribution is -2.03. The second-order valence-electron chi connectivity index (χ2n) is 2.67. The molecule has 13 heavy (non-hydrogen) atoms. The van der Waals surface area contributed by atoms with Crippen molar-refractivity contribution >= 4 is 34.9 Å². The Kier molecular flexibility index (Phi) is 3.65. The van der Waals surface area contributed by atoms with Crippen molar-refractivity contribution in [2.45, 2.75) is 11.0 Å². The maximum atomic E-state index is 3.31. The Hall–Kier alpha value is -0.0400. The van der Waals surface area contributed by atoms with Crippen molar-refractivity contribution in [1.82, 2.24) is 0 Å². The monoisotopic (exact) mass is 226 g/mol. The van der Waals surface area contributed by atoms with Gasteiger partial charge in [0.15, 0.2) is 0 Å². The summed E-state index contributed by atoms with van der Waals surface area (Å²) < 4.78 is 0.510. The van der Waals surface area contributed by atoms with E-state index in [1.807, 2.05) is 23.5 Å². The molecule has 1 saturated heterocycles. The molecule has 1 fully saturated rings. The minimum absolute atomic E-state index is 0.510. The molecule has 0 bridgehead atoms. The van der Waals surface area contributed by atoms with E-state index in [-0.39, 0.29) is 0 Å². The maximum absolute atomic E-state index is 3.31. The van der Waals surface area contributed by atoms with Crippen molar-refractivity contribution in [3.05, 3.63) is 22.4 Å². The van der Waals surface area contributed by atoms with Gasteiger partial charge in [-0.25, -0.2) is 0 Å². The Morgan fingerprint density at radius 1 is 1.31 bits per heavy atom. The molecule has 2 heterocycles. The number of hydrogen-bond donors (Lipinski definition) is 0. The molecule has 0 radical (unpaired) electrons. The molecule has 1 aliphatic rings. The first kappa shape index (κ1) is 9.51. The van der Waals surface area contributed by atoms with Gasteiger partial charge in [0.25, 0.3) is 0 Å². The van der Waals surface area contributed by atoms with Crippen molar-refractivity contribution < 1.29 is 0 Å². The summed E-state index contributed by atoms with van der Waals surface area (Å²) in [4.78, 5) is 1.19. The Morgan fingerprint density at radius 3 is 2.85 bits per heavy atom. The summed E-state index contributed by atoms with van der Waals surface area (Å²) in [6.45, 7) is 0. The Labute approximate surface area is 91.5 Å². The highest BCUT2D eigenvalue weighted by Crippen LogP contribution is 2.29. The fraction of sp³-hybridized carbons (Fsp3) is 0.400. The van der Waals surface area contributed by atoms with E-state index >= 15 is 0 Å².